The summed E-state index contributed by atoms with van der Waals surface area (Å²) in [6.45, 7) is 6.35. The molecular formula is C28H36O4. The maximum absolute atomic E-state index is 13.2. The Hall–Kier alpha value is -1.94. The lowest BCUT2D eigenvalue weighted by molar-refractivity contribution is -0.142. The molecule has 4 heteroatoms. The number of allylic oxidation sites excluding steroid dienone is 1. The Bertz CT molecular complexity index is 936. The molecule has 172 valence electrons. The van der Waals surface area contributed by atoms with E-state index in [4.69, 9.17) is 4.74 Å². The Kier molecular flexibility index (Phi) is 5.35. The van der Waals surface area contributed by atoms with E-state index in [9.17, 15) is 14.7 Å². The Morgan fingerprint density at radius 1 is 1.09 bits per heavy atom. The summed E-state index contributed by atoms with van der Waals surface area (Å²) < 4.78 is 6.35. The zero-order chi connectivity index (χ0) is 22.7. The SMILES string of the molecule is CC(=O)[C@H]1CC[C@H]2[C@@H]3CC=C4C[C@@H](O)CC[C@]4(C)[C@H]3[C@H](OC(=O)c3ccccc3)C[C@]12C. The highest BCUT2D eigenvalue weighted by atomic mass is 16.5. The zero-order valence-corrected chi connectivity index (χ0v) is 19.5. The van der Waals surface area contributed by atoms with Crippen LogP contribution < -0.4 is 0 Å². The van der Waals surface area contributed by atoms with E-state index in [1.165, 1.54) is 5.57 Å². The van der Waals surface area contributed by atoms with Crippen LogP contribution in [-0.4, -0.2) is 29.1 Å². The minimum absolute atomic E-state index is 0.0535. The molecule has 0 bridgehead atoms. The number of aliphatic hydroxyl groups excluding tert-OH is 1. The van der Waals surface area contributed by atoms with Crippen LogP contribution in [-0.2, 0) is 9.53 Å². The fourth-order valence-electron chi connectivity index (χ4n) is 8.29. The van der Waals surface area contributed by atoms with Gasteiger partial charge in [0.25, 0.3) is 0 Å². The number of hydrogen-bond donors (Lipinski definition) is 1. The number of aliphatic hydroxyl groups is 1. The second kappa shape index (κ2) is 7.83. The Morgan fingerprint density at radius 3 is 2.56 bits per heavy atom. The molecule has 3 fully saturated rings. The van der Waals surface area contributed by atoms with Crippen LogP contribution in [0.4, 0.5) is 0 Å². The van der Waals surface area contributed by atoms with Gasteiger partial charge in [0.15, 0.2) is 0 Å². The summed E-state index contributed by atoms with van der Waals surface area (Å²) in [6, 6.07) is 9.26. The van der Waals surface area contributed by atoms with Crippen LogP contribution in [0.25, 0.3) is 0 Å². The van der Waals surface area contributed by atoms with Crippen LogP contribution in [0.2, 0.25) is 0 Å². The number of ketones is 1. The molecule has 0 saturated heterocycles. The third kappa shape index (κ3) is 3.29. The predicted molar refractivity (Wildman–Crippen MR) is 123 cm³/mol. The van der Waals surface area contributed by atoms with Crippen LogP contribution in [0.3, 0.4) is 0 Å². The van der Waals surface area contributed by atoms with Crippen molar-refractivity contribution < 1.29 is 19.4 Å². The normalized spacial score (nSPS) is 42.8. The average Bonchev–Trinajstić information content (AvgIpc) is 3.11. The highest BCUT2D eigenvalue weighted by molar-refractivity contribution is 5.89. The highest BCUT2D eigenvalue weighted by Gasteiger charge is 2.63. The molecule has 0 aromatic heterocycles. The van der Waals surface area contributed by atoms with E-state index >= 15 is 0 Å². The molecule has 1 N–H and O–H groups in total. The maximum atomic E-state index is 13.2. The van der Waals surface area contributed by atoms with Gasteiger partial charge in [0.2, 0.25) is 0 Å². The Balaban J connectivity index is 1.54. The maximum Gasteiger partial charge on any atom is 0.338 e. The zero-order valence-electron chi connectivity index (χ0n) is 19.5. The molecule has 0 heterocycles. The summed E-state index contributed by atoms with van der Waals surface area (Å²) in [7, 11) is 0. The third-order valence-corrected chi connectivity index (χ3v) is 9.75. The van der Waals surface area contributed by atoms with Gasteiger partial charge in [0.1, 0.15) is 11.9 Å². The number of hydrogen-bond acceptors (Lipinski definition) is 4. The molecule has 32 heavy (non-hydrogen) atoms. The van der Waals surface area contributed by atoms with Crippen LogP contribution in [0, 0.1) is 34.5 Å². The van der Waals surface area contributed by atoms with Gasteiger partial charge in [-0.15, -0.1) is 0 Å². The summed E-state index contributed by atoms with van der Waals surface area (Å²) in [5, 5.41) is 10.3. The quantitative estimate of drug-likeness (QED) is 0.512. The first-order valence-electron chi connectivity index (χ1n) is 12.4. The van der Waals surface area contributed by atoms with Crippen LogP contribution in [0.15, 0.2) is 42.0 Å². The third-order valence-electron chi connectivity index (χ3n) is 9.75. The molecule has 0 aliphatic heterocycles. The molecule has 5 rings (SSSR count). The van der Waals surface area contributed by atoms with E-state index in [1.54, 1.807) is 6.92 Å². The summed E-state index contributed by atoms with van der Waals surface area (Å²) in [5.41, 5.74) is 1.76. The van der Waals surface area contributed by atoms with Gasteiger partial charge in [0.05, 0.1) is 11.7 Å². The number of ether oxygens (including phenoxy) is 1. The molecule has 8 atom stereocenters. The predicted octanol–water partition coefficient (Wildman–Crippen LogP) is 5.35. The molecule has 0 radical (unpaired) electrons. The summed E-state index contributed by atoms with van der Waals surface area (Å²) in [5.74, 6) is 1.21. The number of carbonyl (C=O) groups excluding carboxylic acids is 2. The monoisotopic (exact) mass is 436 g/mol. The van der Waals surface area contributed by atoms with Gasteiger partial charge >= 0.3 is 5.97 Å². The molecule has 1 aromatic rings. The van der Waals surface area contributed by atoms with E-state index < -0.39 is 0 Å². The van der Waals surface area contributed by atoms with Crippen molar-refractivity contribution in [3.8, 4) is 0 Å². The number of benzene rings is 1. The van der Waals surface area contributed by atoms with E-state index in [1.807, 2.05) is 30.3 Å². The van der Waals surface area contributed by atoms with Gasteiger partial charge in [-0.1, -0.05) is 43.7 Å². The van der Waals surface area contributed by atoms with Crippen molar-refractivity contribution in [2.45, 2.75) is 77.9 Å². The molecule has 3 saturated carbocycles. The van der Waals surface area contributed by atoms with Crippen molar-refractivity contribution in [3.05, 3.63) is 47.5 Å². The molecule has 0 unspecified atom stereocenters. The van der Waals surface area contributed by atoms with Crippen molar-refractivity contribution >= 4 is 11.8 Å². The second-order valence-corrected chi connectivity index (χ2v) is 11.3. The number of rotatable bonds is 3. The Morgan fingerprint density at radius 2 is 1.84 bits per heavy atom. The fraction of sp³-hybridized carbons (Fsp3) is 0.643. The van der Waals surface area contributed by atoms with Crippen molar-refractivity contribution in [2.75, 3.05) is 0 Å². The van der Waals surface area contributed by atoms with Gasteiger partial charge in [-0.2, -0.15) is 0 Å². The largest absolute Gasteiger partial charge is 0.458 e. The van der Waals surface area contributed by atoms with Crippen LogP contribution in [0.5, 0.6) is 0 Å². The van der Waals surface area contributed by atoms with E-state index in [-0.39, 0.29) is 46.6 Å². The van der Waals surface area contributed by atoms with Crippen molar-refractivity contribution in [3.63, 3.8) is 0 Å². The van der Waals surface area contributed by atoms with Crippen LogP contribution >= 0.6 is 0 Å². The summed E-state index contributed by atoms with van der Waals surface area (Å²) in [4.78, 5) is 25.8. The minimum atomic E-state index is -0.265. The first kappa shape index (κ1) is 21.9. The van der Waals surface area contributed by atoms with Crippen molar-refractivity contribution in [1.82, 2.24) is 0 Å². The number of Topliss-reactive ketones (excluding diaryl/α,β-unsaturated/α-hetero) is 1. The van der Waals surface area contributed by atoms with E-state index in [2.05, 4.69) is 19.9 Å². The minimum Gasteiger partial charge on any atom is -0.458 e. The molecule has 0 spiro atoms. The van der Waals surface area contributed by atoms with Gasteiger partial charge < -0.3 is 9.84 Å². The van der Waals surface area contributed by atoms with Crippen molar-refractivity contribution in [2.24, 2.45) is 34.5 Å². The molecule has 1 aromatic carbocycles. The lowest BCUT2D eigenvalue weighted by Gasteiger charge is -2.60. The number of fused-ring (bicyclic) bond motifs is 5. The fourth-order valence-corrected chi connectivity index (χ4v) is 8.29. The average molecular weight is 437 g/mol. The first-order chi connectivity index (χ1) is 15.2. The van der Waals surface area contributed by atoms with E-state index in [0.29, 0.717) is 17.4 Å². The topological polar surface area (TPSA) is 63.6 Å². The van der Waals surface area contributed by atoms with Gasteiger partial charge in [0, 0.05) is 11.8 Å². The molecular weight excluding hydrogens is 400 g/mol. The summed E-state index contributed by atoms with van der Waals surface area (Å²) >= 11 is 0. The first-order valence-corrected chi connectivity index (χ1v) is 12.4. The molecule has 4 nitrogen and oxygen atoms in total. The van der Waals surface area contributed by atoms with Crippen molar-refractivity contribution in [1.29, 1.82) is 0 Å². The van der Waals surface area contributed by atoms with Gasteiger partial charge in [-0.3, -0.25) is 4.79 Å². The second-order valence-electron chi connectivity index (χ2n) is 11.3. The van der Waals surface area contributed by atoms with Gasteiger partial charge in [-0.05, 0) is 86.7 Å². The number of esters is 1. The Labute approximate surface area is 191 Å². The molecule has 4 aliphatic rings. The molecule has 4 aliphatic carbocycles. The standard InChI is InChI=1S/C28H36O4/c1-17(29)22-11-12-23-21-10-9-19-15-20(30)13-14-27(19,2)25(21)24(16-28(22,23)3)32-26(31)18-7-5-4-6-8-18/h4-9,20-25,30H,10-16H2,1-3H3/t20-,21-,22+,23-,24+,25+,27-,28+/m0/s1. The van der Waals surface area contributed by atoms with Gasteiger partial charge in [-0.25, -0.2) is 4.79 Å². The highest BCUT2D eigenvalue weighted by Crippen LogP contribution is 2.66. The van der Waals surface area contributed by atoms with Crippen LogP contribution in [0.1, 0.15) is 76.1 Å². The van der Waals surface area contributed by atoms with E-state index in [0.717, 1.165) is 44.9 Å². The number of carbonyl (C=O) groups is 2. The smallest absolute Gasteiger partial charge is 0.338 e. The lowest BCUT2D eigenvalue weighted by atomic mass is 9.46. The molecule has 0 amide bonds. The lowest BCUT2D eigenvalue weighted by Crippen LogP contribution is -2.57. The summed E-state index contributed by atoms with van der Waals surface area (Å²) in [6.07, 6.45) is 8.13.